The van der Waals surface area contributed by atoms with E-state index in [0.717, 1.165) is 61.2 Å². The van der Waals surface area contributed by atoms with E-state index in [1.165, 1.54) is 9.80 Å². The van der Waals surface area contributed by atoms with E-state index in [2.05, 4.69) is 5.32 Å². The van der Waals surface area contributed by atoms with E-state index < -0.39 is 0 Å². The summed E-state index contributed by atoms with van der Waals surface area (Å²) in [7, 11) is 0. The number of piperazine rings is 1. The molecule has 26 heavy (non-hydrogen) atoms. The standard InChI is InChI=1S/C19H23N5O2/c25-12-11-23-7-9-24(10-8-23)19-21-17-6-2-1-5-16(17)18(22-19)20-14-15-4-3-13-26-15/h1-6,13,25H,7-12,14H2,(H,20,21,22)/p+2. The van der Waals surface area contributed by atoms with Crippen LogP contribution in [0.4, 0.5) is 11.8 Å². The molecule has 1 aliphatic heterocycles. The minimum atomic E-state index is 0.248. The number of anilines is 1. The summed E-state index contributed by atoms with van der Waals surface area (Å²) in [5.41, 5.74) is 0.956. The summed E-state index contributed by atoms with van der Waals surface area (Å²) in [4.78, 5) is 12.4. The number of aliphatic hydroxyl groups excluding tert-OH is 1. The SMILES string of the molecule is OCC[NH+]1CC[NH+](c2nc(NCc3ccco3)c3ccccc3n2)CC1. The van der Waals surface area contributed by atoms with Crippen LogP contribution < -0.4 is 15.1 Å². The second kappa shape index (κ2) is 7.82. The fourth-order valence-corrected chi connectivity index (χ4v) is 3.49. The molecule has 0 radical (unpaired) electrons. The molecule has 0 aliphatic carbocycles. The molecule has 136 valence electrons. The van der Waals surface area contributed by atoms with Crippen molar-refractivity contribution in [3.05, 3.63) is 48.4 Å². The van der Waals surface area contributed by atoms with Crippen molar-refractivity contribution < 1.29 is 19.3 Å². The van der Waals surface area contributed by atoms with Crippen molar-refractivity contribution in [2.45, 2.75) is 6.54 Å². The van der Waals surface area contributed by atoms with E-state index >= 15 is 0 Å². The van der Waals surface area contributed by atoms with E-state index in [4.69, 9.17) is 19.5 Å². The number of hydrogen-bond donors (Lipinski definition) is 4. The molecule has 1 fully saturated rings. The molecule has 7 nitrogen and oxygen atoms in total. The van der Waals surface area contributed by atoms with Crippen molar-refractivity contribution in [3.63, 3.8) is 0 Å². The van der Waals surface area contributed by atoms with Crippen LogP contribution >= 0.6 is 0 Å². The van der Waals surface area contributed by atoms with E-state index in [9.17, 15) is 0 Å². The summed E-state index contributed by atoms with van der Waals surface area (Å²) in [5, 5.41) is 13.5. The fourth-order valence-electron chi connectivity index (χ4n) is 3.49. The van der Waals surface area contributed by atoms with Crippen LogP contribution in [0.25, 0.3) is 10.9 Å². The highest BCUT2D eigenvalue weighted by Crippen LogP contribution is 2.21. The average Bonchev–Trinajstić information content (AvgIpc) is 3.20. The van der Waals surface area contributed by atoms with Crippen molar-refractivity contribution in [2.75, 3.05) is 44.6 Å². The molecule has 0 bridgehead atoms. The molecular weight excluding hydrogens is 330 g/mol. The Labute approximate surface area is 152 Å². The molecule has 0 unspecified atom stereocenters. The number of rotatable bonds is 6. The summed E-state index contributed by atoms with van der Waals surface area (Å²) in [5.74, 6) is 2.57. The Balaban J connectivity index is 1.57. The summed E-state index contributed by atoms with van der Waals surface area (Å²) in [6.07, 6.45) is 1.68. The van der Waals surface area contributed by atoms with Crippen molar-refractivity contribution in [1.29, 1.82) is 0 Å². The highest BCUT2D eigenvalue weighted by Gasteiger charge is 2.27. The number of fused-ring (bicyclic) bond motifs is 1. The molecule has 3 heterocycles. The van der Waals surface area contributed by atoms with Gasteiger partial charge in [0.25, 0.3) is 0 Å². The maximum atomic E-state index is 9.13. The summed E-state index contributed by atoms with van der Waals surface area (Å²) < 4.78 is 5.41. The molecule has 0 saturated carbocycles. The normalized spacial score (nSPS) is 20.3. The monoisotopic (exact) mass is 355 g/mol. The average molecular weight is 355 g/mol. The molecule has 2 aromatic heterocycles. The van der Waals surface area contributed by atoms with Gasteiger partial charge in [0.2, 0.25) is 0 Å². The van der Waals surface area contributed by atoms with Gasteiger partial charge in [-0.3, -0.25) is 4.90 Å². The van der Waals surface area contributed by atoms with Crippen LogP contribution in [0.3, 0.4) is 0 Å². The lowest BCUT2D eigenvalue weighted by molar-refractivity contribution is -0.988. The van der Waals surface area contributed by atoms with Gasteiger partial charge < -0.3 is 19.7 Å². The molecule has 0 spiro atoms. The van der Waals surface area contributed by atoms with Gasteiger partial charge in [-0.15, -0.1) is 0 Å². The molecule has 3 aromatic rings. The predicted octanol–water partition coefficient (Wildman–Crippen LogP) is -0.758. The summed E-state index contributed by atoms with van der Waals surface area (Å²) >= 11 is 0. The van der Waals surface area contributed by atoms with Gasteiger partial charge in [0.15, 0.2) is 0 Å². The fraction of sp³-hybridized carbons (Fsp3) is 0.368. The Kier molecular flexibility index (Phi) is 5.10. The number of nitrogens with zero attached hydrogens (tertiary/aromatic N) is 2. The maximum Gasteiger partial charge on any atom is 0.330 e. The first-order chi connectivity index (χ1) is 12.8. The number of hydrogen-bond acceptors (Lipinski definition) is 5. The highest BCUT2D eigenvalue weighted by atomic mass is 16.3. The van der Waals surface area contributed by atoms with Crippen LogP contribution in [0.15, 0.2) is 47.1 Å². The lowest BCUT2D eigenvalue weighted by atomic mass is 10.2. The molecule has 1 saturated heterocycles. The lowest BCUT2D eigenvalue weighted by Crippen LogP contribution is -3.26. The van der Waals surface area contributed by atoms with E-state index in [0.29, 0.717) is 6.54 Å². The topological polar surface area (TPSA) is 80.1 Å². The number of benzene rings is 1. The molecule has 0 atom stereocenters. The molecular formula is C19H25N5O2+2. The van der Waals surface area contributed by atoms with Crippen molar-refractivity contribution in [3.8, 4) is 0 Å². The number of furan rings is 1. The Hall–Kier alpha value is -2.48. The lowest BCUT2D eigenvalue weighted by Gasteiger charge is -2.27. The van der Waals surface area contributed by atoms with Gasteiger partial charge in [0, 0.05) is 5.39 Å². The Morgan fingerprint density at radius 3 is 2.65 bits per heavy atom. The largest absolute Gasteiger partial charge is 0.467 e. The molecule has 7 heteroatoms. The van der Waals surface area contributed by atoms with Gasteiger partial charge in [0.05, 0.1) is 24.9 Å². The van der Waals surface area contributed by atoms with Gasteiger partial charge in [-0.1, -0.05) is 12.1 Å². The third-order valence-corrected chi connectivity index (χ3v) is 4.96. The molecule has 0 amide bonds. The summed E-state index contributed by atoms with van der Waals surface area (Å²) in [6, 6.07) is 11.9. The molecule has 4 N–H and O–H groups in total. The quantitative estimate of drug-likeness (QED) is 0.468. The van der Waals surface area contributed by atoms with Gasteiger partial charge in [-0.25, -0.2) is 0 Å². The van der Waals surface area contributed by atoms with Crippen molar-refractivity contribution in [2.24, 2.45) is 0 Å². The van der Waals surface area contributed by atoms with E-state index in [1.54, 1.807) is 6.26 Å². The van der Waals surface area contributed by atoms with Crippen molar-refractivity contribution in [1.82, 2.24) is 9.97 Å². The Morgan fingerprint density at radius 2 is 1.88 bits per heavy atom. The Morgan fingerprint density at radius 1 is 1.04 bits per heavy atom. The zero-order valence-corrected chi connectivity index (χ0v) is 14.7. The Bertz CT molecular complexity index is 844. The predicted molar refractivity (Wildman–Crippen MR) is 98.6 cm³/mol. The van der Waals surface area contributed by atoms with E-state index in [-0.39, 0.29) is 6.61 Å². The van der Waals surface area contributed by atoms with Gasteiger partial charge in [-0.2, -0.15) is 9.97 Å². The summed E-state index contributed by atoms with van der Waals surface area (Å²) in [6.45, 7) is 5.68. The van der Waals surface area contributed by atoms with Crippen LogP contribution in [0.5, 0.6) is 0 Å². The maximum absolute atomic E-state index is 9.13. The smallest absolute Gasteiger partial charge is 0.330 e. The number of para-hydroxylation sites is 1. The third-order valence-electron chi connectivity index (χ3n) is 4.96. The first-order valence-corrected chi connectivity index (χ1v) is 9.16. The molecule has 4 rings (SSSR count). The second-order valence-corrected chi connectivity index (χ2v) is 6.67. The first-order valence-electron chi connectivity index (χ1n) is 9.16. The second-order valence-electron chi connectivity index (χ2n) is 6.67. The number of quaternary nitrogens is 2. The van der Waals surface area contributed by atoms with Crippen LogP contribution in [0.2, 0.25) is 0 Å². The number of aliphatic hydroxyl groups is 1. The number of aromatic nitrogens is 2. The van der Waals surface area contributed by atoms with Crippen LogP contribution in [0, 0.1) is 0 Å². The van der Waals surface area contributed by atoms with E-state index in [1.807, 2.05) is 36.4 Å². The van der Waals surface area contributed by atoms with Gasteiger partial charge in [-0.05, 0) is 24.3 Å². The highest BCUT2D eigenvalue weighted by molar-refractivity contribution is 5.89. The van der Waals surface area contributed by atoms with Gasteiger partial charge >= 0.3 is 5.95 Å². The van der Waals surface area contributed by atoms with Crippen LogP contribution in [-0.2, 0) is 6.54 Å². The minimum Gasteiger partial charge on any atom is -0.467 e. The zero-order valence-electron chi connectivity index (χ0n) is 14.7. The van der Waals surface area contributed by atoms with Crippen LogP contribution in [0.1, 0.15) is 5.76 Å². The minimum absolute atomic E-state index is 0.248. The van der Waals surface area contributed by atoms with Crippen LogP contribution in [-0.4, -0.2) is 54.4 Å². The van der Waals surface area contributed by atoms with Crippen molar-refractivity contribution >= 4 is 22.7 Å². The molecule has 1 aliphatic rings. The first kappa shape index (κ1) is 17.0. The third kappa shape index (κ3) is 3.70. The number of nitrogens with one attached hydrogen (secondary N) is 3. The van der Waals surface area contributed by atoms with Gasteiger partial charge in [0.1, 0.15) is 44.3 Å². The molecule has 1 aromatic carbocycles. The zero-order chi connectivity index (χ0) is 17.8.